The van der Waals surface area contributed by atoms with Gasteiger partial charge in [0, 0.05) is 23.7 Å². The second-order valence-electron chi connectivity index (χ2n) is 6.60. The fourth-order valence-electron chi connectivity index (χ4n) is 2.57. The number of hydrogen-bond donors (Lipinski definition) is 0. The maximum Gasteiger partial charge on any atom is 0.511 e. The van der Waals surface area contributed by atoms with Crippen molar-refractivity contribution in [2.24, 2.45) is 0 Å². The molecule has 0 aliphatic carbocycles. The maximum atomic E-state index is 13.4. The van der Waals surface area contributed by atoms with Gasteiger partial charge >= 0.3 is 18.3 Å². The molecule has 1 atom stereocenters. The molecule has 34 heavy (non-hydrogen) atoms. The van der Waals surface area contributed by atoms with Crippen LogP contribution in [-0.2, 0) is 23.8 Å². The average Bonchev–Trinajstić information content (AvgIpc) is 2.71. The number of hydrogen-bond acceptors (Lipinski definition) is 10. The number of benzene rings is 1. The lowest BCUT2D eigenvalue weighted by atomic mass is 10.0. The molecule has 188 valence electrons. The van der Waals surface area contributed by atoms with Crippen molar-refractivity contribution in [3.05, 3.63) is 43.4 Å². The van der Waals surface area contributed by atoms with E-state index < -0.39 is 41.9 Å². The minimum Gasteiger partial charge on any atom is -0.474 e. The van der Waals surface area contributed by atoms with Crippen molar-refractivity contribution in [1.29, 1.82) is 0 Å². The van der Waals surface area contributed by atoms with Gasteiger partial charge in [-0.25, -0.2) is 9.59 Å². The maximum absolute atomic E-state index is 13.4. The van der Waals surface area contributed by atoms with Crippen LogP contribution in [0.4, 0.5) is 18.0 Å². The van der Waals surface area contributed by atoms with Crippen molar-refractivity contribution in [3.8, 4) is 5.75 Å². The molecule has 1 aromatic carbocycles. The van der Waals surface area contributed by atoms with Gasteiger partial charge in [0.2, 0.25) is 12.9 Å². The highest BCUT2D eigenvalue weighted by atomic mass is 35.5. The van der Waals surface area contributed by atoms with Crippen LogP contribution in [0.1, 0.15) is 5.56 Å². The molecule has 1 aromatic rings. The number of halogens is 5. The molecule has 0 unspecified atom stereocenters. The third kappa shape index (κ3) is 8.11. The van der Waals surface area contributed by atoms with Gasteiger partial charge in [0.15, 0.2) is 0 Å². The SMILES string of the molecule is CN(CCOC(=O)OCOC(=O)C1=Cc2cc(Cl)cc(Cl)c2O[C@@H]1C(F)(F)F)CCO[N+](=O)[O-]. The van der Waals surface area contributed by atoms with E-state index in [0.29, 0.717) is 0 Å². The molecular weight excluding hydrogens is 516 g/mol. The molecule has 2 rings (SSSR count). The quantitative estimate of drug-likeness (QED) is 0.191. The normalized spacial score (nSPS) is 15.0. The molecule has 0 radical (unpaired) electrons. The Kier molecular flexibility index (Phi) is 9.58. The topological polar surface area (TPSA) is 127 Å². The van der Waals surface area contributed by atoms with Crippen LogP contribution in [0.25, 0.3) is 6.08 Å². The standard InChI is InChI=1S/C18H17Cl2F3N2O9/c1-24(3-5-33-25(28)29)2-4-30-17(27)32-9-31-16(26)12-7-10-6-11(19)8-13(20)14(10)34-15(12)18(21,22)23/h6-8,15H,2-5,9H2,1H3/t15-/m0/s1. The molecule has 0 N–H and O–H groups in total. The Bertz CT molecular complexity index is 959. The number of fused-ring (bicyclic) bond motifs is 1. The number of esters is 1. The summed E-state index contributed by atoms with van der Waals surface area (Å²) in [4.78, 5) is 39.5. The number of carbonyl (C=O) groups is 2. The predicted octanol–water partition coefficient (Wildman–Crippen LogP) is 3.49. The molecule has 11 nitrogen and oxygen atoms in total. The monoisotopic (exact) mass is 532 g/mol. The molecule has 0 bridgehead atoms. The molecule has 0 fully saturated rings. The Balaban J connectivity index is 1.87. The van der Waals surface area contributed by atoms with Gasteiger partial charge in [-0.05, 0) is 25.3 Å². The van der Waals surface area contributed by atoms with E-state index in [9.17, 15) is 32.9 Å². The fraction of sp³-hybridized carbons (Fsp3) is 0.444. The summed E-state index contributed by atoms with van der Waals surface area (Å²) in [5.74, 6) is -1.76. The Hall–Kier alpha value is -2.97. The van der Waals surface area contributed by atoms with Crippen LogP contribution in [0.5, 0.6) is 5.75 Å². The van der Waals surface area contributed by atoms with Gasteiger partial charge in [0.1, 0.15) is 19.0 Å². The van der Waals surface area contributed by atoms with Crippen molar-refractivity contribution in [2.45, 2.75) is 12.3 Å². The lowest BCUT2D eigenvalue weighted by molar-refractivity contribution is -0.757. The van der Waals surface area contributed by atoms with E-state index in [4.69, 9.17) is 32.7 Å². The molecule has 0 amide bonds. The summed E-state index contributed by atoms with van der Waals surface area (Å²) in [5.41, 5.74) is -0.883. The van der Waals surface area contributed by atoms with E-state index in [1.807, 2.05) is 0 Å². The lowest BCUT2D eigenvalue weighted by Crippen LogP contribution is -2.41. The van der Waals surface area contributed by atoms with E-state index in [1.54, 1.807) is 11.9 Å². The van der Waals surface area contributed by atoms with Crippen LogP contribution in [0.3, 0.4) is 0 Å². The van der Waals surface area contributed by atoms with E-state index in [-0.39, 0.29) is 47.7 Å². The summed E-state index contributed by atoms with van der Waals surface area (Å²) < 4.78 is 59.0. The number of nitrogens with zero attached hydrogens (tertiary/aromatic N) is 2. The van der Waals surface area contributed by atoms with E-state index >= 15 is 0 Å². The van der Waals surface area contributed by atoms with E-state index in [2.05, 4.69) is 14.3 Å². The first-order chi connectivity index (χ1) is 15.9. The van der Waals surface area contributed by atoms with Crippen LogP contribution in [0.15, 0.2) is 17.7 Å². The van der Waals surface area contributed by atoms with Gasteiger partial charge in [-0.3, -0.25) is 0 Å². The summed E-state index contributed by atoms with van der Waals surface area (Å²) in [6.45, 7) is -1.07. The van der Waals surface area contributed by atoms with Crippen molar-refractivity contribution >= 4 is 41.4 Å². The summed E-state index contributed by atoms with van der Waals surface area (Å²) >= 11 is 11.7. The first kappa shape index (κ1) is 27.3. The number of carbonyl (C=O) groups excluding carboxylic acids is 2. The van der Waals surface area contributed by atoms with E-state index in [1.165, 1.54) is 12.1 Å². The zero-order valence-corrected chi connectivity index (χ0v) is 18.8. The average molecular weight is 533 g/mol. The van der Waals surface area contributed by atoms with Gasteiger partial charge in [0.05, 0.1) is 10.6 Å². The summed E-state index contributed by atoms with van der Waals surface area (Å²) in [6, 6.07) is 2.43. The molecule has 0 spiro atoms. The zero-order valence-electron chi connectivity index (χ0n) is 17.3. The number of ether oxygens (including phenoxy) is 4. The summed E-state index contributed by atoms with van der Waals surface area (Å²) in [6.07, 6.45) is -8.04. The second kappa shape index (κ2) is 11.9. The molecule has 0 saturated heterocycles. The van der Waals surface area contributed by atoms with Crippen LogP contribution >= 0.6 is 23.2 Å². The Morgan fingerprint density at radius 1 is 1.18 bits per heavy atom. The minimum atomic E-state index is -4.98. The molecule has 1 heterocycles. The fourth-order valence-corrected chi connectivity index (χ4v) is 3.12. The van der Waals surface area contributed by atoms with Crippen molar-refractivity contribution in [2.75, 3.05) is 40.1 Å². The molecule has 0 saturated carbocycles. The van der Waals surface area contributed by atoms with Crippen LogP contribution in [-0.4, -0.2) is 74.5 Å². The Morgan fingerprint density at radius 3 is 2.50 bits per heavy atom. The van der Waals surface area contributed by atoms with Gasteiger partial charge < -0.3 is 28.7 Å². The summed E-state index contributed by atoms with van der Waals surface area (Å²) in [5, 5.41) is 9.02. The smallest absolute Gasteiger partial charge is 0.474 e. The minimum absolute atomic E-state index is 0.0259. The first-order valence-corrected chi connectivity index (χ1v) is 10.0. The Labute approximate surface area is 199 Å². The van der Waals surface area contributed by atoms with E-state index in [0.717, 1.165) is 6.08 Å². The number of alkyl halides is 3. The highest BCUT2D eigenvalue weighted by Gasteiger charge is 2.49. The largest absolute Gasteiger partial charge is 0.511 e. The predicted molar refractivity (Wildman–Crippen MR) is 109 cm³/mol. The highest BCUT2D eigenvalue weighted by Crippen LogP contribution is 2.42. The van der Waals surface area contributed by atoms with Crippen molar-refractivity contribution < 1.29 is 51.6 Å². The Morgan fingerprint density at radius 2 is 1.85 bits per heavy atom. The van der Waals surface area contributed by atoms with Crippen molar-refractivity contribution in [3.63, 3.8) is 0 Å². The van der Waals surface area contributed by atoms with Gasteiger partial charge in [-0.15, -0.1) is 10.1 Å². The first-order valence-electron chi connectivity index (χ1n) is 9.25. The molecule has 1 aliphatic heterocycles. The van der Waals surface area contributed by atoms with Gasteiger partial charge in [-0.1, -0.05) is 23.2 Å². The highest BCUT2D eigenvalue weighted by molar-refractivity contribution is 6.36. The lowest BCUT2D eigenvalue weighted by Gasteiger charge is -2.28. The van der Waals surface area contributed by atoms with Crippen molar-refractivity contribution in [1.82, 2.24) is 4.90 Å². The molecule has 1 aliphatic rings. The molecule has 0 aromatic heterocycles. The number of rotatable bonds is 10. The van der Waals surface area contributed by atoms with Gasteiger partial charge in [-0.2, -0.15) is 13.2 Å². The summed E-state index contributed by atoms with van der Waals surface area (Å²) in [7, 11) is 1.58. The molecule has 16 heteroatoms. The van der Waals surface area contributed by atoms with Crippen LogP contribution < -0.4 is 4.74 Å². The number of likely N-dealkylation sites (N-methyl/N-ethyl adjacent to an activating group) is 1. The van der Waals surface area contributed by atoms with Crippen LogP contribution in [0.2, 0.25) is 10.0 Å². The van der Waals surface area contributed by atoms with Gasteiger partial charge in [0.25, 0.3) is 5.09 Å². The third-order valence-corrected chi connectivity index (χ3v) is 4.63. The third-order valence-electron chi connectivity index (χ3n) is 4.13. The van der Waals surface area contributed by atoms with Crippen LogP contribution in [0, 0.1) is 10.1 Å². The zero-order chi connectivity index (χ0) is 25.5. The molecular formula is C18H17Cl2F3N2O9. The second-order valence-corrected chi connectivity index (χ2v) is 7.44.